The highest BCUT2D eigenvalue weighted by atomic mass is 35.5. The molecular formula is C27H23ClN2O6S. The molecule has 0 saturated carbocycles. The first-order valence-corrected chi connectivity index (χ1v) is 12.4. The van der Waals surface area contributed by atoms with Crippen LogP contribution in [0.25, 0.3) is 6.08 Å². The number of hydrogen-bond acceptors (Lipinski definition) is 7. The van der Waals surface area contributed by atoms with Crippen LogP contribution in [0.5, 0.6) is 17.2 Å². The maximum absolute atomic E-state index is 12.7. The van der Waals surface area contributed by atoms with Gasteiger partial charge in [-0.1, -0.05) is 48.0 Å². The monoisotopic (exact) mass is 538 g/mol. The van der Waals surface area contributed by atoms with Crippen molar-refractivity contribution >= 4 is 52.2 Å². The highest BCUT2D eigenvalue weighted by molar-refractivity contribution is 8.18. The Morgan fingerprint density at radius 1 is 0.973 bits per heavy atom. The molecule has 10 heteroatoms. The minimum Gasteiger partial charge on any atom is -0.495 e. The van der Waals surface area contributed by atoms with Crippen LogP contribution < -0.4 is 19.5 Å². The summed E-state index contributed by atoms with van der Waals surface area (Å²) in [6.07, 6.45) is 1.64. The molecule has 37 heavy (non-hydrogen) atoms. The maximum atomic E-state index is 12.7. The Bertz CT molecular complexity index is 1330. The lowest BCUT2D eigenvalue weighted by atomic mass is 10.2. The van der Waals surface area contributed by atoms with Gasteiger partial charge in [0.2, 0.25) is 0 Å². The second-order valence-electron chi connectivity index (χ2n) is 7.72. The molecule has 1 fully saturated rings. The fourth-order valence-electron chi connectivity index (χ4n) is 3.40. The van der Waals surface area contributed by atoms with Gasteiger partial charge in [-0.05, 0) is 59.8 Å². The number of nitrogens with zero attached hydrogens (tertiary/aromatic N) is 1. The fourth-order valence-corrected chi connectivity index (χ4v) is 4.45. The Labute approximate surface area is 223 Å². The van der Waals surface area contributed by atoms with Crippen LogP contribution in [0.2, 0.25) is 5.02 Å². The van der Waals surface area contributed by atoms with Crippen molar-refractivity contribution in [1.82, 2.24) is 4.90 Å². The molecule has 0 bridgehead atoms. The van der Waals surface area contributed by atoms with Crippen molar-refractivity contribution in [3.05, 3.63) is 88.3 Å². The van der Waals surface area contributed by atoms with E-state index in [9.17, 15) is 14.4 Å². The number of ether oxygens (including phenoxy) is 3. The summed E-state index contributed by atoms with van der Waals surface area (Å²) in [5, 5.41) is 2.84. The van der Waals surface area contributed by atoms with E-state index in [1.165, 1.54) is 7.11 Å². The van der Waals surface area contributed by atoms with Crippen molar-refractivity contribution in [2.24, 2.45) is 0 Å². The highest BCUT2D eigenvalue weighted by Gasteiger charge is 2.34. The Balaban J connectivity index is 1.29. The van der Waals surface area contributed by atoms with Crippen LogP contribution in [0.1, 0.15) is 5.56 Å². The molecule has 0 radical (unpaired) electrons. The summed E-state index contributed by atoms with van der Waals surface area (Å²) >= 11 is 6.93. The topological polar surface area (TPSA) is 94.2 Å². The molecule has 3 aromatic carbocycles. The van der Waals surface area contributed by atoms with E-state index in [1.807, 2.05) is 6.07 Å². The number of halogens is 1. The van der Waals surface area contributed by atoms with Crippen molar-refractivity contribution < 1.29 is 28.6 Å². The average molecular weight is 539 g/mol. The third-order valence-electron chi connectivity index (χ3n) is 5.21. The van der Waals surface area contributed by atoms with Crippen molar-refractivity contribution in [2.45, 2.75) is 0 Å². The minimum absolute atomic E-state index is 0.108. The molecule has 1 aliphatic rings. The Kier molecular flexibility index (Phi) is 8.71. The number of anilines is 1. The predicted octanol–water partition coefficient (Wildman–Crippen LogP) is 5.48. The molecule has 0 unspecified atom stereocenters. The summed E-state index contributed by atoms with van der Waals surface area (Å²) in [6.45, 7) is 0.0508. The van der Waals surface area contributed by atoms with E-state index in [-0.39, 0.29) is 36.8 Å². The summed E-state index contributed by atoms with van der Waals surface area (Å²) in [4.78, 5) is 38.8. The summed E-state index contributed by atoms with van der Waals surface area (Å²) in [5.74, 6) is 0.813. The summed E-state index contributed by atoms with van der Waals surface area (Å²) in [6, 6.07) is 20.9. The number of amides is 3. The van der Waals surface area contributed by atoms with E-state index in [0.29, 0.717) is 38.4 Å². The van der Waals surface area contributed by atoms with Crippen molar-refractivity contribution in [3.63, 3.8) is 0 Å². The number of carbonyl (C=O) groups is 3. The predicted molar refractivity (Wildman–Crippen MR) is 143 cm³/mol. The lowest BCUT2D eigenvalue weighted by Gasteiger charge is -2.13. The Morgan fingerprint density at radius 3 is 2.41 bits per heavy atom. The summed E-state index contributed by atoms with van der Waals surface area (Å²) in [5.41, 5.74) is 1.27. The third kappa shape index (κ3) is 6.84. The number of carbonyl (C=O) groups excluding carboxylic acids is 3. The number of imide groups is 1. The summed E-state index contributed by atoms with van der Waals surface area (Å²) < 4.78 is 16.4. The van der Waals surface area contributed by atoms with Crippen LogP contribution in [-0.4, -0.2) is 48.8 Å². The van der Waals surface area contributed by atoms with Gasteiger partial charge < -0.3 is 19.5 Å². The number of para-hydroxylation sites is 3. The van der Waals surface area contributed by atoms with Gasteiger partial charge in [-0.3, -0.25) is 19.3 Å². The smallest absolute Gasteiger partial charge is 0.293 e. The maximum Gasteiger partial charge on any atom is 0.293 e. The standard InChI is InChI=1S/C27H23ClN2O6S/c1-34-23-9-5-3-7-21(23)29-25(31)17-36-19-12-10-18(11-13-19)16-24-26(32)30(27(33)37-24)14-15-35-22-8-4-2-6-20(22)28/h2-13,16H,14-15,17H2,1H3,(H,29,31)/b24-16-. The molecule has 1 heterocycles. The second-order valence-corrected chi connectivity index (χ2v) is 9.12. The average Bonchev–Trinajstić information content (AvgIpc) is 3.17. The van der Waals surface area contributed by atoms with Gasteiger partial charge in [0.25, 0.3) is 17.1 Å². The van der Waals surface area contributed by atoms with E-state index in [1.54, 1.807) is 72.8 Å². The van der Waals surface area contributed by atoms with Gasteiger partial charge in [0.05, 0.1) is 29.3 Å². The van der Waals surface area contributed by atoms with Crippen molar-refractivity contribution in [3.8, 4) is 17.2 Å². The number of thioether (sulfide) groups is 1. The van der Waals surface area contributed by atoms with Crippen LogP contribution >= 0.6 is 23.4 Å². The van der Waals surface area contributed by atoms with E-state index >= 15 is 0 Å². The van der Waals surface area contributed by atoms with E-state index in [2.05, 4.69) is 5.32 Å². The highest BCUT2D eigenvalue weighted by Crippen LogP contribution is 2.32. The molecule has 0 aromatic heterocycles. The number of methoxy groups -OCH3 is 1. The normalized spacial score (nSPS) is 14.1. The van der Waals surface area contributed by atoms with Gasteiger partial charge in [-0.25, -0.2) is 0 Å². The molecule has 1 aliphatic heterocycles. The molecular weight excluding hydrogens is 516 g/mol. The summed E-state index contributed by atoms with van der Waals surface area (Å²) in [7, 11) is 1.53. The molecule has 0 spiro atoms. The molecule has 3 amide bonds. The zero-order valence-electron chi connectivity index (χ0n) is 19.8. The second kappa shape index (κ2) is 12.3. The zero-order chi connectivity index (χ0) is 26.2. The van der Waals surface area contributed by atoms with Crippen LogP contribution in [0.3, 0.4) is 0 Å². The van der Waals surface area contributed by atoms with E-state index in [4.69, 9.17) is 25.8 Å². The molecule has 4 rings (SSSR count). The lowest BCUT2D eigenvalue weighted by molar-refractivity contribution is -0.123. The number of hydrogen-bond donors (Lipinski definition) is 1. The van der Waals surface area contributed by atoms with E-state index in [0.717, 1.165) is 16.7 Å². The van der Waals surface area contributed by atoms with Gasteiger partial charge in [0.15, 0.2) is 6.61 Å². The molecule has 190 valence electrons. The molecule has 0 atom stereocenters. The lowest BCUT2D eigenvalue weighted by Crippen LogP contribution is -2.32. The third-order valence-corrected chi connectivity index (χ3v) is 6.43. The van der Waals surface area contributed by atoms with Gasteiger partial charge in [0.1, 0.15) is 23.9 Å². The van der Waals surface area contributed by atoms with Crippen LogP contribution in [0.4, 0.5) is 10.5 Å². The van der Waals surface area contributed by atoms with Crippen LogP contribution in [0.15, 0.2) is 77.7 Å². The molecule has 1 N–H and O–H groups in total. The van der Waals surface area contributed by atoms with Crippen LogP contribution in [0, 0.1) is 0 Å². The zero-order valence-corrected chi connectivity index (χ0v) is 21.4. The Morgan fingerprint density at radius 2 is 1.68 bits per heavy atom. The molecule has 1 saturated heterocycles. The fraction of sp³-hybridized carbons (Fsp3) is 0.148. The first-order valence-electron chi connectivity index (χ1n) is 11.2. The molecule has 3 aromatic rings. The first-order chi connectivity index (χ1) is 17.9. The SMILES string of the molecule is COc1ccccc1NC(=O)COc1ccc(/C=C2\SC(=O)N(CCOc3ccccc3Cl)C2=O)cc1. The number of rotatable bonds is 10. The number of benzene rings is 3. The first kappa shape index (κ1) is 26.1. The van der Waals surface area contributed by atoms with Gasteiger partial charge >= 0.3 is 0 Å². The minimum atomic E-state index is -0.383. The van der Waals surface area contributed by atoms with Crippen molar-refractivity contribution in [1.29, 1.82) is 0 Å². The number of nitrogens with one attached hydrogen (secondary N) is 1. The largest absolute Gasteiger partial charge is 0.495 e. The van der Waals surface area contributed by atoms with Gasteiger partial charge in [0, 0.05) is 0 Å². The molecule has 0 aliphatic carbocycles. The van der Waals surface area contributed by atoms with Crippen molar-refractivity contribution in [2.75, 3.05) is 32.2 Å². The van der Waals surface area contributed by atoms with Crippen LogP contribution in [-0.2, 0) is 9.59 Å². The Hall–Kier alpha value is -3.95. The quantitative estimate of drug-likeness (QED) is 0.341. The van der Waals surface area contributed by atoms with Gasteiger partial charge in [-0.15, -0.1) is 0 Å². The van der Waals surface area contributed by atoms with Gasteiger partial charge in [-0.2, -0.15) is 0 Å². The van der Waals surface area contributed by atoms with E-state index < -0.39 is 0 Å². The molecule has 8 nitrogen and oxygen atoms in total.